The van der Waals surface area contributed by atoms with E-state index in [0.29, 0.717) is 41.1 Å². The number of ether oxygens (including phenoxy) is 1. The van der Waals surface area contributed by atoms with E-state index in [9.17, 15) is 14.0 Å². The van der Waals surface area contributed by atoms with Crippen molar-refractivity contribution >= 4 is 23.4 Å². The van der Waals surface area contributed by atoms with Crippen LogP contribution in [0.15, 0.2) is 47.6 Å². The summed E-state index contributed by atoms with van der Waals surface area (Å²) in [6.07, 6.45) is -0.868. The van der Waals surface area contributed by atoms with E-state index >= 15 is 0 Å². The predicted molar refractivity (Wildman–Crippen MR) is 111 cm³/mol. The number of hydrogen-bond acceptors (Lipinski definition) is 6. The molecule has 0 saturated carbocycles. The molecule has 0 spiro atoms. The normalized spacial score (nSPS) is 20.3. The molecular weight excluding hydrogens is 405 g/mol. The van der Waals surface area contributed by atoms with E-state index in [1.807, 2.05) is 0 Å². The summed E-state index contributed by atoms with van der Waals surface area (Å²) in [6, 6.07) is 11.8. The molecule has 162 valence electrons. The summed E-state index contributed by atoms with van der Waals surface area (Å²) < 4.78 is 20.0. The number of anilines is 1. The fourth-order valence-electron chi connectivity index (χ4n) is 3.54. The molecule has 0 aliphatic carbocycles. The summed E-state index contributed by atoms with van der Waals surface area (Å²) in [6.45, 7) is 1.83. The third-order valence-electron chi connectivity index (χ3n) is 5.18. The van der Waals surface area contributed by atoms with Gasteiger partial charge in [0.25, 0.3) is 0 Å². The summed E-state index contributed by atoms with van der Waals surface area (Å²) in [4.78, 5) is 29.7. The molecule has 8 nitrogen and oxygen atoms in total. The van der Waals surface area contributed by atoms with Crippen LogP contribution in [0.25, 0.3) is 11.1 Å². The van der Waals surface area contributed by atoms with Gasteiger partial charge in [0.1, 0.15) is 11.9 Å². The number of rotatable bonds is 6. The SMILES string of the molecule is CC(=O)NC[C@H]1CN(c2ccc(-c3ccc(C4=NOC(CO)C4)cc3F)cc2)C(=O)O1. The van der Waals surface area contributed by atoms with Crippen LogP contribution in [0.1, 0.15) is 18.9 Å². The number of nitrogens with one attached hydrogen (secondary N) is 1. The molecule has 0 radical (unpaired) electrons. The minimum absolute atomic E-state index is 0.140. The Kier molecular flexibility index (Phi) is 5.85. The van der Waals surface area contributed by atoms with Crippen molar-refractivity contribution in [2.24, 2.45) is 5.16 Å². The first kappa shape index (κ1) is 20.8. The van der Waals surface area contributed by atoms with Gasteiger partial charge < -0.3 is 20.0 Å². The highest BCUT2D eigenvalue weighted by Gasteiger charge is 2.32. The molecule has 1 saturated heterocycles. The zero-order valence-electron chi connectivity index (χ0n) is 16.9. The number of aliphatic hydroxyl groups is 1. The lowest BCUT2D eigenvalue weighted by atomic mass is 9.99. The molecule has 2 aliphatic rings. The molecule has 2 aromatic rings. The van der Waals surface area contributed by atoms with E-state index in [-0.39, 0.29) is 25.2 Å². The van der Waals surface area contributed by atoms with Crippen molar-refractivity contribution in [1.29, 1.82) is 0 Å². The first-order chi connectivity index (χ1) is 14.9. The number of benzene rings is 2. The standard InChI is InChI=1S/C22H22FN3O5/c1-13(28)24-10-18-11-26(22(29)30-18)16-5-2-14(3-6-16)19-7-4-15(8-20(19)23)21-9-17(12-27)31-25-21/h2-8,17-18,27H,9-12H2,1H3,(H,24,28)/t17?,18-/m0/s1. The topological polar surface area (TPSA) is 100 Å². The molecule has 2 N–H and O–H groups in total. The lowest BCUT2D eigenvalue weighted by molar-refractivity contribution is -0.119. The van der Waals surface area contributed by atoms with E-state index in [0.717, 1.165) is 0 Å². The average Bonchev–Trinajstić information content (AvgIpc) is 3.39. The van der Waals surface area contributed by atoms with Gasteiger partial charge in [0.05, 0.1) is 25.4 Å². The van der Waals surface area contributed by atoms with Gasteiger partial charge in [0.15, 0.2) is 6.10 Å². The molecule has 2 aliphatic heterocycles. The average molecular weight is 427 g/mol. The Balaban J connectivity index is 1.46. The fraction of sp³-hybridized carbons (Fsp3) is 0.318. The van der Waals surface area contributed by atoms with Crippen LogP contribution >= 0.6 is 0 Å². The van der Waals surface area contributed by atoms with Crippen molar-refractivity contribution in [3.05, 3.63) is 53.8 Å². The third-order valence-corrected chi connectivity index (χ3v) is 5.18. The number of nitrogens with zero attached hydrogens (tertiary/aromatic N) is 2. The second-order valence-electron chi connectivity index (χ2n) is 7.45. The van der Waals surface area contributed by atoms with Gasteiger partial charge in [-0.15, -0.1) is 0 Å². The Morgan fingerprint density at radius 1 is 1.23 bits per heavy atom. The van der Waals surface area contributed by atoms with E-state index in [1.54, 1.807) is 36.4 Å². The highest BCUT2D eigenvalue weighted by atomic mass is 19.1. The van der Waals surface area contributed by atoms with Gasteiger partial charge in [-0.05, 0) is 23.8 Å². The Hall–Kier alpha value is -3.46. The maximum Gasteiger partial charge on any atom is 0.414 e. The molecule has 0 aromatic heterocycles. The quantitative estimate of drug-likeness (QED) is 0.738. The Morgan fingerprint density at radius 3 is 2.61 bits per heavy atom. The van der Waals surface area contributed by atoms with E-state index in [4.69, 9.17) is 14.7 Å². The van der Waals surface area contributed by atoms with Gasteiger partial charge in [0.2, 0.25) is 5.91 Å². The van der Waals surface area contributed by atoms with Gasteiger partial charge in [-0.1, -0.05) is 29.4 Å². The molecule has 1 unspecified atom stereocenters. The van der Waals surface area contributed by atoms with E-state index < -0.39 is 18.0 Å². The molecular formula is C22H22FN3O5. The van der Waals surface area contributed by atoms with Crippen LogP contribution in [-0.4, -0.2) is 54.7 Å². The van der Waals surface area contributed by atoms with Crippen molar-refractivity contribution in [2.45, 2.75) is 25.6 Å². The monoisotopic (exact) mass is 427 g/mol. The lowest BCUT2D eigenvalue weighted by Gasteiger charge is -2.14. The lowest BCUT2D eigenvalue weighted by Crippen LogP contribution is -2.33. The van der Waals surface area contributed by atoms with Crippen LogP contribution in [0.5, 0.6) is 0 Å². The van der Waals surface area contributed by atoms with Crippen molar-refractivity contribution in [3.8, 4) is 11.1 Å². The van der Waals surface area contributed by atoms with Crippen molar-refractivity contribution in [3.63, 3.8) is 0 Å². The van der Waals surface area contributed by atoms with Crippen molar-refractivity contribution < 1.29 is 28.7 Å². The second-order valence-corrected chi connectivity index (χ2v) is 7.45. The van der Waals surface area contributed by atoms with Gasteiger partial charge in [0, 0.05) is 30.2 Å². The number of amides is 2. The molecule has 2 amide bonds. The number of halogens is 1. The maximum atomic E-state index is 14.8. The van der Waals surface area contributed by atoms with E-state index in [1.165, 1.54) is 17.9 Å². The van der Waals surface area contributed by atoms with Crippen molar-refractivity contribution in [2.75, 3.05) is 24.6 Å². The number of oxime groups is 1. The number of carbonyl (C=O) groups excluding carboxylic acids is 2. The highest BCUT2D eigenvalue weighted by molar-refractivity contribution is 6.01. The summed E-state index contributed by atoms with van der Waals surface area (Å²) in [5.41, 5.74) is 2.91. The van der Waals surface area contributed by atoms with Gasteiger partial charge in [-0.25, -0.2) is 9.18 Å². The molecule has 2 atom stereocenters. The van der Waals surface area contributed by atoms with Gasteiger partial charge in [-0.2, -0.15) is 0 Å². The molecule has 2 aromatic carbocycles. The Morgan fingerprint density at radius 2 is 1.97 bits per heavy atom. The van der Waals surface area contributed by atoms with E-state index in [2.05, 4.69) is 10.5 Å². The van der Waals surface area contributed by atoms with Crippen LogP contribution in [-0.2, 0) is 14.4 Å². The fourth-order valence-corrected chi connectivity index (χ4v) is 3.54. The van der Waals surface area contributed by atoms with Crippen molar-refractivity contribution in [1.82, 2.24) is 5.32 Å². The molecule has 0 bridgehead atoms. The van der Waals surface area contributed by atoms with Gasteiger partial charge in [-0.3, -0.25) is 9.69 Å². The smallest absolute Gasteiger partial charge is 0.414 e. The zero-order chi connectivity index (χ0) is 22.0. The summed E-state index contributed by atoms with van der Waals surface area (Å²) in [5.74, 6) is -0.594. The predicted octanol–water partition coefficient (Wildman–Crippen LogP) is 2.44. The number of cyclic esters (lactones) is 1. The second kappa shape index (κ2) is 8.73. The van der Waals surface area contributed by atoms with Crippen LogP contribution in [0.2, 0.25) is 0 Å². The Bertz CT molecular complexity index is 1020. The highest BCUT2D eigenvalue weighted by Crippen LogP contribution is 2.29. The minimum atomic E-state index is -0.487. The van der Waals surface area contributed by atoms with Crippen LogP contribution in [0.3, 0.4) is 0 Å². The first-order valence-corrected chi connectivity index (χ1v) is 9.91. The van der Waals surface area contributed by atoms with Crippen LogP contribution < -0.4 is 10.2 Å². The number of hydrogen-bond donors (Lipinski definition) is 2. The molecule has 1 fully saturated rings. The maximum absolute atomic E-state index is 14.8. The van der Waals surface area contributed by atoms with Crippen LogP contribution in [0.4, 0.5) is 14.9 Å². The third kappa shape index (κ3) is 4.51. The first-order valence-electron chi connectivity index (χ1n) is 9.91. The molecule has 2 heterocycles. The summed E-state index contributed by atoms with van der Waals surface area (Å²) in [5, 5.41) is 15.7. The number of aliphatic hydroxyl groups excluding tert-OH is 1. The molecule has 31 heavy (non-hydrogen) atoms. The number of carbonyl (C=O) groups is 2. The Labute approximate surface area is 178 Å². The molecule has 4 rings (SSSR count). The minimum Gasteiger partial charge on any atom is -0.442 e. The summed E-state index contributed by atoms with van der Waals surface area (Å²) in [7, 11) is 0. The zero-order valence-corrected chi connectivity index (χ0v) is 16.9. The summed E-state index contributed by atoms with van der Waals surface area (Å²) >= 11 is 0. The van der Waals surface area contributed by atoms with Gasteiger partial charge >= 0.3 is 6.09 Å². The van der Waals surface area contributed by atoms with Crippen LogP contribution in [0, 0.1) is 5.82 Å². The molecule has 9 heteroatoms. The largest absolute Gasteiger partial charge is 0.442 e.